The van der Waals surface area contributed by atoms with Crippen LogP contribution in [0.25, 0.3) is 0 Å². The summed E-state index contributed by atoms with van der Waals surface area (Å²) in [5.41, 5.74) is 1.18. The van der Waals surface area contributed by atoms with Crippen molar-refractivity contribution >= 4 is 46.6 Å². The molecule has 0 unspecified atom stereocenters. The second kappa shape index (κ2) is 9.49. The summed E-state index contributed by atoms with van der Waals surface area (Å²) in [5.74, 6) is -1.20. The Hall–Kier alpha value is -2.57. The van der Waals surface area contributed by atoms with E-state index in [0.717, 1.165) is 12.8 Å². The van der Waals surface area contributed by atoms with Gasteiger partial charge in [-0.2, -0.15) is 0 Å². The van der Waals surface area contributed by atoms with Crippen molar-refractivity contribution in [3.8, 4) is 0 Å². The monoisotopic (exact) mass is 447 g/mol. The highest BCUT2D eigenvalue weighted by Crippen LogP contribution is 2.22. The van der Waals surface area contributed by atoms with E-state index in [1.807, 2.05) is 13.8 Å². The molecule has 158 valence electrons. The van der Waals surface area contributed by atoms with E-state index in [1.165, 1.54) is 12.1 Å². The highest BCUT2D eigenvalue weighted by atomic mass is 35.5. The SMILES string of the molecule is CC(C)[C@@H](NC(=O)c1ccc(Cl)cc1Cl)C(=O)Nc1cccc(C(=O)NC2CC2)c1. The van der Waals surface area contributed by atoms with Gasteiger partial charge >= 0.3 is 0 Å². The Labute approximate surface area is 185 Å². The van der Waals surface area contributed by atoms with Crippen molar-refractivity contribution in [2.75, 3.05) is 5.32 Å². The first-order chi connectivity index (χ1) is 14.2. The molecule has 0 spiro atoms. The summed E-state index contributed by atoms with van der Waals surface area (Å²) in [4.78, 5) is 37.7. The van der Waals surface area contributed by atoms with E-state index in [0.29, 0.717) is 16.3 Å². The quantitative estimate of drug-likeness (QED) is 0.591. The van der Waals surface area contributed by atoms with Crippen LogP contribution in [0.1, 0.15) is 47.4 Å². The normalized spacial score (nSPS) is 14.2. The second-order valence-corrected chi connectivity index (χ2v) is 8.48. The van der Waals surface area contributed by atoms with E-state index in [-0.39, 0.29) is 34.4 Å². The predicted octanol–water partition coefficient (Wildman–Crippen LogP) is 4.28. The fourth-order valence-corrected chi connectivity index (χ4v) is 3.38. The Bertz CT molecular complexity index is 974. The molecule has 3 amide bonds. The van der Waals surface area contributed by atoms with E-state index < -0.39 is 11.9 Å². The molecule has 1 aliphatic rings. The first-order valence-corrected chi connectivity index (χ1v) is 10.5. The molecule has 3 rings (SSSR count). The molecule has 1 saturated carbocycles. The average molecular weight is 448 g/mol. The summed E-state index contributed by atoms with van der Waals surface area (Å²) in [6, 6.07) is 10.7. The maximum Gasteiger partial charge on any atom is 0.253 e. The van der Waals surface area contributed by atoms with Crippen molar-refractivity contribution in [3.05, 3.63) is 63.6 Å². The van der Waals surface area contributed by atoms with Crippen LogP contribution in [0.2, 0.25) is 10.0 Å². The third-order valence-corrected chi connectivity index (χ3v) is 5.26. The van der Waals surface area contributed by atoms with Gasteiger partial charge in [0.15, 0.2) is 0 Å². The molecule has 30 heavy (non-hydrogen) atoms. The third-order valence-electron chi connectivity index (χ3n) is 4.72. The molecular weight excluding hydrogens is 425 g/mol. The molecule has 2 aromatic carbocycles. The number of nitrogens with one attached hydrogen (secondary N) is 3. The van der Waals surface area contributed by atoms with Crippen LogP contribution in [-0.2, 0) is 4.79 Å². The van der Waals surface area contributed by atoms with Gasteiger partial charge in [0, 0.05) is 22.3 Å². The molecule has 0 aromatic heterocycles. The summed E-state index contributed by atoms with van der Waals surface area (Å²) in [6.45, 7) is 3.65. The van der Waals surface area contributed by atoms with Gasteiger partial charge in [-0.05, 0) is 55.2 Å². The lowest BCUT2D eigenvalue weighted by molar-refractivity contribution is -0.118. The van der Waals surface area contributed by atoms with Crippen molar-refractivity contribution in [2.45, 2.75) is 38.8 Å². The molecule has 0 saturated heterocycles. The van der Waals surface area contributed by atoms with Crippen LogP contribution in [0.3, 0.4) is 0 Å². The summed E-state index contributed by atoms with van der Waals surface area (Å²) in [7, 11) is 0. The topological polar surface area (TPSA) is 87.3 Å². The van der Waals surface area contributed by atoms with Gasteiger partial charge in [0.25, 0.3) is 11.8 Å². The lowest BCUT2D eigenvalue weighted by Gasteiger charge is -2.22. The number of hydrogen-bond donors (Lipinski definition) is 3. The van der Waals surface area contributed by atoms with Crippen LogP contribution in [0.15, 0.2) is 42.5 Å². The maximum absolute atomic E-state index is 12.8. The highest BCUT2D eigenvalue weighted by molar-refractivity contribution is 6.36. The number of halogens is 2. The Balaban J connectivity index is 1.69. The van der Waals surface area contributed by atoms with Gasteiger partial charge in [-0.1, -0.05) is 43.1 Å². The number of carbonyl (C=O) groups is 3. The van der Waals surface area contributed by atoms with Crippen LogP contribution in [0, 0.1) is 5.92 Å². The van der Waals surface area contributed by atoms with E-state index in [1.54, 1.807) is 30.3 Å². The minimum Gasteiger partial charge on any atom is -0.349 e. The Kier molecular flexibility index (Phi) is 7.00. The number of hydrogen-bond acceptors (Lipinski definition) is 3. The van der Waals surface area contributed by atoms with Crippen molar-refractivity contribution in [2.24, 2.45) is 5.92 Å². The number of benzene rings is 2. The van der Waals surface area contributed by atoms with Crippen LogP contribution in [-0.4, -0.2) is 29.8 Å². The Morgan fingerprint density at radius 3 is 2.37 bits per heavy atom. The van der Waals surface area contributed by atoms with Crippen molar-refractivity contribution in [1.29, 1.82) is 0 Å². The molecule has 6 nitrogen and oxygen atoms in total. The first-order valence-electron chi connectivity index (χ1n) is 9.72. The molecule has 0 bridgehead atoms. The zero-order valence-electron chi connectivity index (χ0n) is 16.7. The first kappa shape index (κ1) is 22.1. The maximum atomic E-state index is 12.8. The molecule has 0 radical (unpaired) electrons. The van der Waals surface area contributed by atoms with Gasteiger partial charge < -0.3 is 16.0 Å². The standard InChI is InChI=1S/C22H23Cl2N3O3/c1-12(2)19(27-21(29)17-9-6-14(23)11-18(17)24)22(30)26-16-5-3-4-13(10-16)20(28)25-15-7-8-15/h3-6,9-12,15,19H,7-8H2,1-2H3,(H,25,28)(H,26,30)(H,27,29)/t19-/m1/s1. The fourth-order valence-electron chi connectivity index (χ4n) is 2.88. The summed E-state index contributed by atoms with van der Waals surface area (Å²) < 4.78 is 0. The number of amides is 3. The third kappa shape index (κ3) is 5.74. The van der Waals surface area contributed by atoms with Gasteiger partial charge in [0.1, 0.15) is 6.04 Å². The predicted molar refractivity (Wildman–Crippen MR) is 118 cm³/mol. The largest absolute Gasteiger partial charge is 0.349 e. The molecule has 0 heterocycles. The molecule has 3 N–H and O–H groups in total. The smallest absolute Gasteiger partial charge is 0.253 e. The number of rotatable bonds is 7. The van der Waals surface area contributed by atoms with Crippen LogP contribution >= 0.6 is 23.2 Å². The van der Waals surface area contributed by atoms with Gasteiger partial charge in [-0.25, -0.2) is 0 Å². The molecule has 1 atom stereocenters. The molecule has 2 aromatic rings. The van der Waals surface area contributed by atoms with Crippen LogP contribution in [0.5, 0.6) is 0 Å². The summed E-state index contributed by atoms with van der Waals surface area (Å²) in [5, 5.41) is 9.04. The van der Waals surface area contributed by atoms with Crippen molar-refractivity contribution < 1.29 is 14.4 Å². The summed E-state index contributed by atoms with van der Waals surface area (Å²) >= 11 is 12.0. The lowest BCUT2D eigenvalue weighted by atomic mass is 10.0. The number of carbonyl (C=O) groups excluding carboxylic acids is 3. The highest BCUT2D eigenvalue weighted by Gasteiger charge is 2.26. The zero-order chi connectivity index (χ0) is 21.8. The molecule has 1 aliphatic carbocycles. The Morgan fingerprint density at radius 2 is 1.73 bits per heavy atom. The van der Waals surface area contributed by atoms with E-state index >= 15 is 0 Å². The van der Waals surface area contributed by atoms with Crippen LogP contribution < -0.4 is 16.0 Å². The average Bonchev–Trinajstić information content (AvgIpc) is 3.49. The van der Waals surface area contributed by atoms with Crippen molar-refractivity contribution in [3.63, 3.8) is 0 Å². The minimum absolute atomic E-state index is 0.167. The Morgan fingerprint density at radius 1 is 1.00 bits per heavy atom. The van der Waals surface area contributed by atoms with E-state index in [9.17, 15) is 14.4 Å². The van der Waals surface area contributed by atoms with Crippen LogP contribution in [0.4, 0.5) is 5.69 Å². The minimum atomic E-state index is -0.798. The van der Waals surface area contributed by atoms with E-state index in [2.05, 4.69) is 16.0 Å². The molecule has 1 fully saturated rings. The fraction of sp³-hybridized carbons (Fsp3) is 0.318. The zero-order valence-corrected chi connectivity index (χ0v) is 18.2. The number of anilines is 1. The van der Waals surface area contributed by atoms with Gasteiger partial charge in [-0.15, -0.1) is 0 Å². The van der Waals surface area contributed by atoms with Gasteiger partial charge in [-0.3, -0.25) is 14.4 Å². The molecule has 0 aliphatic heterocycles. The van der Waals surface area contributed by atoms with Gasteiger partial charge in [0.2, 0.25) is 5.91 Å². The molecule has 8 heteroatoms. The molecular formula is C22H23Cl2N3O3. The second-order valence-electron chi connectivity index (χ2n) is 7.64. The summed E-state index contributed by atoms with van der Waals surface area (Å²) in [6.07, 6.45) is 1.99. The van der Waals surface area contributed by atoms with Crippen molar-refractivity contribution in [1.82, 2.24) is 10.6 Å². The van der Waals surface area contributed by atoms with E-state index in [4.69, 9.17) is 23.2 Å². The van der Waals surface area contributed by atoms with Gasteiger partial charge in [0.05, 0.1) is 10.6 Å². The lowest BCUT2D eigenvalue weighted by Crippen LogP contribution is -2.47.